The van der Waals surface area contributed by atoms with Gasteiger partial charge < -0.3 is 19.1 Å². The van der Waals surface area contributed by atoms with Gasteiger partial charge in [0.2, 0.25) is 0 Å². The standard InChI is InChI=1S/C54H97NO3/c1-9-10-11-12-13-14-15-16-17-18-19-20-21-22-23-24-38-56-42-47(55(7)8)43-57-39-25-26-40-58-48-34-36-53(5)46(41-48)30-31-49-51-33-32-50(45(4)29-27-28-44(2)3)54(51,6)37-35-52(49)53/h13-14,16-17,30,44-45,47-52H,9-12,15,18-29,31-43H2,1-8H3/b14-13-,17-16-/t45-,47?,48+,49+,50-,51+,52+,53+,54-/m1/s1. The Kier molecular flexibility index (Phi) is 23.3. The van der Waals surface area contributed by atoms with Crippen molar-refractivity contribution in [2.75, 3.05) is 47.1 Å². The van der Waals surface area contributed by atoms with Crippen LogP contribution < -0.4 is 0 Å². The molecule has 0 heterocycles. The average molecular weight is 808 g/mol. The molecule has 9 atom stereocenters. The van der Waals surface area contributed by atoms with Crippen molar-refractivity contribution in [2.24, 2.45) is 46.3 Å². The SMILES string of the molecule is CCCCC/C=C\C/C=C\CCCCCCCCOCC(COCCCCO[C@H]1CC[C@@]2(C)C(=CC[C@H]3[C@@H]4CC[C@H]([C@H](C)CCCC(C)C)[C@@]4(C)CC[C@@H]32)C1)N(C)C. The van der Waals surface area contributed by atoms with E-state index in [0.717, 1.165) is 87.8 Å². The van der Waals surface area contributed by atoms with Crippen LogP contribution in [0.25, 0.3) is 0 Å². The van der Waals surface area contributed by atoms with Gasteiger partial charge in [0.1, 0.15) is 0 Å². The number of ether oxygens (including phenoxy) is 3. The van der Waals surface area contributed by atoms with Crippen molar-refractivity contribution in [3.63, 3.8) is 0 Å². The fourth-order valence-corrected chi connectivity index (χ4v) is 12.3. The molecule has 0 N–H and O–H groups in total. The summed E-state index contributed by atoms with van der Waals surface area (Å²) in [6, 6.07) is 0.317. The Morgan fingerprint density at radius 1 is 0.707 bits per heavy atom. The van der Waals surface area contributed by atoms with Crippen molar-refractivity contribution in [1.82, 2.24) is 4.90 Å². The molecule has 336 valence electrons. The van der Waals surface area contributed by atoms with E-state index in [-0.39, 0.29) is 0 Å². The highest BCUT2D eigenvalue weighted by atomic mass is 16.5. The van der Waals surface area contributed by atoms with E-state index in [1.54, 1.807) is 5.57 Å². The number of hydrogen-bond acceptors (Lipinski definition) is 4. The summed E-state index contributed by atoms with van der Waals surface area (Å²) in [5.41, 5.74) is 2.75. The van der Waals surface area contributed by atoms with Gasteiger partial charge in [0.25, 0.3) is 0 Å². The molecule has 4 aliphatic carbocycles. The van der Waals surface area contributed by atoms with E-state index < -0.39 is 0 Å². The second-order valence-corrected chi connectivity index (χ2v) is 21.1. The third-order valence-electron chi connectivity index (χ3n) is 16.1. The molecule has 4 aliphatic rings. The second-order valence-electron chi connectivity index (χ2n) is 21.1. The minimum atomic E-state index is 0.317. The quantitative estimate of drug-likeness (QED) is 0.0516. The van der Waals surface area contributed by atoms with Crippen molar-refractivity contribution in [3.05, 3.63) is 36.0 Å². The normalized spacial score (nSPS) is 29.6. The molecular weight excluding hydrogens is 711 g/mol. The lowest BCUT2D eigenvalue weighted by molar-refractivity contribution is -0.0643. The van der Waals surface area contributed by atoms with Crippen LogP contribution in [0.4, 0.5) is 0 Å². The van der Waals surface area contributed by atoms with Gasteiger partial charge in [-0.2, -0.15) is 0 Å². The largest absolute Gasteiger partial charge is 0.380 e. The minimum Gasteiger partial charge on any atom is -0.380 e. The number of nitrogens with zero attached hydrogens (tertiary/aromatic N) is 1. The van der Waals surface area contributed by atoms with Crippen LogP contribution in [0.1, 0.15) is 202 Å². The first-order chi connectivity index (χ1) is 28.1. The molecule has 4 heteroatoms. The van der Waals surface area contributed by atoms with E-state index >= 15 is 0 Å². The highest BCUT2D eigenvalue weighted by molar-refractivity contribution is 5.25. The zero-order chi connectivity index (χ0) is 41.6. The molecule has 0 aliphatic heterocycles. The lowest BCUT2D eigenvalue weighted by atomic mass is 9.47. The zero-order valence-corrected chi connectivity index (χ0v) is 39.9. The van der Waals surface area contributed by atoms with Crippen LogP contribution >= 0.6 is 0 Å². The second kappa shape index (κ2) is 27.2. The molecule has 1 unspecified atom stereocenters. The van der Waals surface area contributed by atoms with E-state index in [1.165, 1.54) is 141 Å². The van der Waals surface area contributed by atoms with Crippen molar-refractivity contribution >= 4 is 0 Å². The molecule has 4 rings (SSSR count). The van der Waals surface area contributed by atoms with Gasteiger partial charge in [-0.1, -0.05) is 135 Å². The summed E-state index contributed by atoms with van der Waals surface area (Å²) in [4.78, 5) is 2.26. The summed E-state index contributed by atoms with van der Waals surface area (Å²) in [7, 11) is 4.30. The van der Waals surface area contributed by atoms with Crippen LogP contribution in [0, 0.1) is 46.3 Å². The van der Waals surface area contributed by atoms with E-state index in [0.29, 0.717) is 23.0 Å². The first-order valence-electron chi connectivity index (χ1n) is 25.5. The highest BCUT2D eigenvalue weighted by Gasteiger charge is 2.59. The smallest absolute Gasteiger partial charge is 0.0644 e. The Balaban J connectivity index is 1.01. The van der Waals surface area contributed by atoms with Crippen LogP contribution in [0.15, 0.2) is 36.0 Å². The first kappa shape index (κ1) is 49.7. The lowest BCUT2D eigenvalue weighted by Gasteiger charge is -2.58. The van der Waals surface area contributed by atoms with Crippen LogP contribution in [0.5, 0.6) is 0 Å². The maximum Gasteiger partial charge on any atom is 0.0644 e. The molecular formula is C54H97NO3. The van der Waals surface area contributed by atoms with Crippen molar-refractivity contribution in [3.8, 4) is 0 Å². The summed E-state index contributed by atoms with van der Waals surface area (Å²) in [6.45, 7) is 19.1. The molecule has 0 radical (unpaired) electrons. The molecule has 3 fully saturated rings. The molecule has 0 saturated heterocycles. The van der Waals surface area contributed by atoms with Crippen LogP contribution in [-0.2, 0) is 14.2 Å². The van der Waals surface area contributed by atoms with Gasteiger partial charge in [-0.15, -0.1) is 0 Å². The molecule has 0 aromatic carbocycles. The highest BCUT2D eigenvalue weighted by Crippen LogP contribution is 2.67. The topological polar surface area (TPSA) is 30.9 Å². The first-order valence-corrected chi connectivity index (χ1v) is 25.5. The van der Waals surface area contributed by atoms with Crippen LogP contribution in [0.3, 0.4) is 0 Å². The number of hydrogen-bond donors (Lipinski definition) is 0. The fraction of sp³-hybridized carbons (Fsp3) is 0.889. The zero-order valence-electron chi connectivity index (χ0n) is 39.9. The Hall–Kier alpha value is -0.940. The van der Waals surface area contributed by atoms with Crippen LogP contribution in [0.2, 0.25) is 0 Å². The predicted octanol–water partition coefficient (Wildman–Crippen LogP) is 15.0. The number of likely N-dealkylation sites (N-methyl/N-ethyl adjacent to an activating group) is 1. The van der Waals surface area contributed by atoms with Crippen molar-refractivity contribution < 1.29 is 14.2 Å². The van der Waals surface area contributed by atoms with E-state index in [2.05, 4.69) is 90.9 Å². The van der Waals surface area contributed by atoms with Gasteiger partial charge in [-0.3, -0.25) is 0 Å². The summed E-state index contributed by atoms with van der Waals surface area (Å²) < 4.78 is 18.8. The van der Waals surface area contributed by atoms with Gasteiger partial charge >= 0.3 is 0 Å². The number of rotatable bonds is 31. The maximum atomic E-state index is 6.57. The lowest BCUT2D eigenvalue weighted by Crippen LogP contribution is -2.51. The monoisotopic (exact) mass is 808 g/mol. The van der Waals surface area contributed by atoms with Crippen molar-refractivity contribution in [2.45, 2.75) is 214 Å². The number of fused-ring (bicyclic) bond motifs is 5. The van der Waals surface area contributed by atoms with E-state index in [1.807, 2.05) is 0 Å². The molecule has 0 bridgehead atoms. The van der Waals surface area contributed by atoms with E-state index in [9.17, 15) is 0 Å². The summed E-state index contributed by atoms with van der Waals surface area (Å²) >= 11 is 0. The Bertz CT molecular complexity index is 1170. The molecule has 0 spiro atoms. The predicted molar refractivity (Wildman–Crippen MR) is 250 cm³/mol. The number of unbranched alkanes of at least 4 members (excludes halogenated alkanes) is 10. The minimum absolute atomic E-state index is 0.317. The van der Waals surface area contributed by atoms with Gasteiger partial charge in [-0.05, 0) is 163 Å². The Labute approximate surface area is 361 Å². The summed E-state index contributed by atoms with van der Waals surface area (Å²) in [5, 5.41) is 0. The van der Waals surface area contributed by atoms with Crippen LogP contribution in [-0.4, -0.2) is 64.2 Å². The van der Waals surface area contributed by atoms with Gasteiger partial charge in [0, 0.05) is 19.8 Å². The molecule has 58 heavy (non-hydrogen) atoms. The van der Waals surface area contributed by atoms with Gasteiger partial charge in [0.05, 0.1) is 25.4 Å². The molecule has 0 amide bonds. The number of allylic oxidation sites excluding steroid dienone is 5. The third kappa shape index (κ3) is 15.8. The van der Waals surface area contributed by atoms with Crippen molar-refractivity contribution in [1.29, 1.82) is 0 Å². The summed E-state index contributed by atoms with van der Waals surface area (Å²) in [5.74, 6) is 5.44. The molecule has 3 saturated carbocycles. The fourth-order valence-electron chi connectivity index (χ4n) is 12.3. The maximum absolute atomic E-state index is 6.57. The Morgan fingerprint density at radius 3 is 2.05 bits per heavy atom. The third-order valence-corrected chi connectivity index (χ3v) is 16.1. The average Bonchev–Trinajstić information content (AvgIpc) is 3.56. The summed E-state index contributed by atoms with van der Waals surface area (Å²) in [6.07, 6.45) is 45.3. The Morgan fingerprint density at radius 2 is 1.36 bits per heavy atom. The van der Waals surface area contributed by atoms with Gasteiger partial charge in [-0.25, -0.2) is 0 Å². The molecule has 0 aromatic heterocycles. The van der Waals surface area contributed by atoms with Gasteiger partial charge in [0.15, 0.2) is 0 Å². The van der Waals surface area contributed by atoms with E-state index in [4.69, 9.17) is 14.2 Å². The molecule has 4 nitrogen and oxygen atoms in total. The molecule has 0 aromatic rings.